The van der Waals surface area contributed by atoms with Crippen LogP contribution in [0.25, 0.3) is 10.9 Å². The van der Waals surface area contributed by atoms with Crippen LogP contribution in [0.2, 0.25) is 0 Å². The highest BCUT2D eigenvalue weighted by atomic mass is 16.2. The number of H-pyrrole nitrogens is 1. The highest BCUT2D eigenvalue weighted by molar-refractivity contribution is 5.94. The van der Waals surface area contributed by atoms with Gasteiger partial charge < -0.3 is 25.4 Å². The van der Waals surface area contributed by atoms with E-state index >= 15 is 0 Å². The fraction of sp³-hybridized carbons (Fsp3) is 0.360. The van der Waals surface area contributed by atoms with Crippen LogP contribution in [0, 0.1) is 6.92 Å². The maximum Gasteiger partial charge on any atom is 0.319 e. The summed E-state index contributed by atoms with van der Waals surface area (Å²) in [5, 5.41) is 6.86. The highest BCUT2D eigenvalue weighted by Gasteiger charge is 2.29. The third-order valence-corrected chi connectivity index (χ3v) is 6.14. The van der Waals surface area contributed by atoms with E-state index in [4.69, 9.17) is 0 Å². The predicted octanol–water partition coefficient (Wildman–Crippen LogP) is 3.37. The van der Waals surface area contributed by atoms with Crippen LogP contribution in [0.15, 0.2) is 54.7 Å². The molecule has 0 radical (unpaired) electrons. The lowest BCUT2D eigenvalue weighted by Crippen LogP contribution is -2.56. The SMILES string of the molecule is CCN1CCN(C(=O)C(Cc2c[nH]c3ccccc23)NC(=O)Nc2ccc(C)cc2)CC1. The number of benzene rings is 2. The van der Waals surface area contributed by atoms with Crippen molar-refractivity contribution in [3.05, 3.63) is 65.9 Å². The molecule has 2 heterocycles. The molecule has 1 unspecified atom stereocenters. The Kier molecular flexibility index (Phi) is 6.75. The Morgan fingerprint density at radius 3 is 2.47 bits per heavy atom. The van der Waals surface area contributed by atoms with Gasteiger partial charge in [0.25, 0.3) is 0 Å². The summed E-state index contributed by atoms with van der Waals surface area (Å²) in [6.45, 7) is 8.19. The lowest BCUT2D eigenvalue weighted by Gasteiger charge is -2.36. The van der Waals surface area contributed by atoms with Crippen molar-refractivity contribution in [2.24, 2.45) is 0 Å². The molecule has 7 heteroatoms. The molecule has 1 aromatic heterocycles. The lowest BCUT2D eigenvalue weighted by atomic mass is 10.0. The van der Waals surface area contributed by atoms with Crippen LogP contribution in [0.5, 0.6) is 0 Å². The normalized spacial score (nSPS) is 15.5. The topological polar surface area (TPSA) is 80.5 Å². The van der Waals surface area contributed by atoms with Crippen molar-refractivity contribution >= 4 is 28.5 Å². The monoisotopic (exact) mass is 433 g/mol. The largest absolute Gasteiger partial charge is 0.361 e. The number of fused-ring (bicyclic) bond motifs is 1. The summed E-state index contributed by atoms with van der Waals surface area (Å²) in [5.41, 5.74) is 3.86. The van der Waals surface area contributed by atoms with Crippen molar-refractivity contribution in [2.75, 3.05) is 38.0 Å². The number of carbonyl (C=O) groups is 2. The van der Waals surface area contributed by atoms with Gasteiger partial charge in [-0.15, -0.1) is 0 Å². The summed E-state index contributed by atoms with van der Waals surface area (Å²) in [5.74, 6) is -0.0370. The number of hydrogen-bond donors (Lipinski definition) is 3. The molecule has 7 nitrogen and oxygen atoms in total. The quantitative estimate of drug-likeness (QED) is 0.558. The second-order valence-corrected chi connectivity index (χ2v) is 8.34. The summed E-state index contributed by atoms with van der Waals surface area (Å²) >= 11 is 0. The summed E-state index contributed by atoms with van der Waals surface area (Å²) in [6, 6.07) is 14.6. The Morgan fingerprint density at radius 1 is 1.03 bits per heavy atom. The van der Waals surface area contributed by atoms with Gasteiger partial charge in [-0.3, -0.25) is 4.79 Å². The average molecular weight is 434 g/mol. The van der Waals surface area contributed by atoms with Gasteiger partial charge >= 0.3 is 6.03 Å². The van der Waals surface area contributed by atoms with Gasteiger partial charge in [-0.2, -0.15) is 0 Å². The zero-order valence-electron chi connectivity index (χ0n) is 18.7. The van der Waals surface area contributed by atoms with Crippen molar-refractivity contribution in [1.29, 1.82) is 0 Å². The minimum atomic E-state index is -0.646. The number of aromatic amines is 1. The second-order valence-electron chi connectivity index (χ2n) is 8.34. The summed E-state index contributed by atoms with van der Waals surface area (Å²) in [4.78, 5) is 33.7. The highest BCUT2D eigenvalue weighted by Crippen LogP contribution is 2.20. The molecule has 0 spiro atoms. The van der Waals surface area contributed by atoms with Crippen LogP contribution in [-0.4, -0.2) is 65.5 Å². The number of anilines is 1. The Balaban J connectivity index is 1.51. The van der Waals surface area contributed by atoms with E-state index in [9.17, 15) is 9.59 Å². The number of amides is 3. The standard InChI is InChI=1S/C25H31N5O2/c1-3-29-12-14-30(15-13-29)24(31)23(16-19-17-26-22-7-5-4-6-21(19)22)28-25(32)27-20-10-8-18(2)9-11-20/h4-11,17,23,26H,3,12-16H2,1-2H3,(H2,27,28,32). The van der Waals surface area contributed by atoms with Gasteiger partial charge in [0.1, 0.15) is 6.04 Å². The number of rotatable bonds is 6. The molecule has 3 aromatic rings. The molecule has 0 bridgehead atoms. The molecule has 3 amide bonds. The van der Waals surface area contributed by atoms with Crippen molar-refractivity contribution < 1.29 is 9.59 Å². The number of aromatic nitrogens is 1. The predicted molar refractivity (Wildman–Crippen MR) is 128 cm³/mol. The summed E-state index contributed by atoms with van der Waals surface area (Å²) < 4.78 is 0. The van der Waals surface area contributed by atoms with Gasteiger partial charge in [-0.1, -0.05) is 42.8 Å². The van der Waals surface area contributed by atoms with Crippen molar-refractivity contribution in [3.63, 3.8) is 0 Å². The van der Waals surface area contributed by atoms with E-state index in [1.807, 2.05) is 66.6 Å². The van der Waals surface area contributed by atoms with Crippen LogP contribution in [0.3, 0.4) is 0 Å². The van der Waals surface area contributed by atoms with Gasteiger partial charge in [0.05, 0.1) is 0 Å². The maximum absolute atomic E-state index is 13.4. The Bertz CT molecular complexity index is 1070. The lowest BCUT2D eigenvalue weighted by molar-refractivity contribution is -0.134. The smallest absolute Gasteiger partial charge is 0.319 e. The van der Waals surface area contributed by atoms with E-state index in [-0.39, 0.29) is 11.9 Å². The van der Waals surface area contributed by atoms with E-state index in [1.165, 1.54) is 0 Å². The number of urea groups is 1. The number of piperazine rings is 1. The van der Waals surface area contributed by atoms with Crippen LogP contribution in [-0.2, 0) is 11.2 Å². The Hall–Kier alpha value is -3.32. The number of para-hydroxylation sites is 1. The molecule has 1 aliphatic rings. The molecule has 3 N–H and O–H groups in total. The number of nitrogens with zero attached hydrogens (tertiary/aromatic N) is 2. The van der Waals surface area contributed by atoms with E-state index in [1.54, 1.807) is 0 Å². The number of nitrogens with one attached hydrogen (secondary N) is 3. The van der Waals surface area contributed by atoms with Crippen LogP contribution in [0.1, 0.15) is 18.1 Å². The molecule has 32 heavy (non-hydrogen) atoms. The van der Waals surface area contributed by atoms with E-state index in [2.05, 4.69) is 27.4 Å². The average Bonchev–Trinajstić information content (AvgIpc) is 3.22. The molecule has 168 valence electrons. The molecule has 1 fully saturated rings. The first-order valence-corrected chi connectivity index (χ1v) is 11.2. The fourth-order valence-corrected chi connectivity index (χ4v) is 4.19. The van der Waals surface area contributed by atoms with Gasteiger partial charge in [-0.25, -0.2) is 4.79 Å². The van der Waals surface area contributed by atoms with Gasteiger partial charge in [0.15, 0.2) is 0 Å². The number of likely N-dealkylation sites (N-methyl/N-ethyl adjacent to an activating group) is 1. The Morgan fingerprint density at radius 2 is 1.75 bits per heavy atom. The third-order valence-electron chi connectivity index (χ3n) is 6.14. The number of carbonyl (C=O) groups excluding carboxylic acids is 2. The molecule has 0 saturated carbocycles. The molecule has 2 aromatic carbocycles. The summed E-state index contributed by atoms with van der Waals surface area (Å²) in [7, 11) is 0. The Labute approximate surface area is 188 Å². The zero-order chi connectivity index (χ0) is 22.5. The van der Waals surface area contributed by atoms with Crippen molar-refractivity contribution in [1.82, 2.24) is 20.1 Å². The first-order valence-electron chi connectivity index (χ1n) is 11.2. The van der Waals surface area contributed by atoms with Crippen LogP contribution >= 0.6 is 0 Å². The van der Waals surface area contributed by atoms with Gasteiger partial charge in [0, 0.05) is 55.4 Å². The second kappa shape index (κ2) is 9.87. The molecular weight excluding hydrogens is 402 g/mol. The van der Waals surface area contributed by atoms with E-state index < -0.39 is 6.04 Å². The molecule has 0 aliphatic carbocycles. The molecular formula is C25H31N5O2. The minimum Gasteiger partial charge on any atom is -0.361 e. The first kappa shape index (κ1) is 21.9. The molecule has 1 saturated heterocycles. The molecule has 1 atom stereocenters. The first-order chi connectivity index (χ1) is 15.5. The van der Waals surface area contributed by atoms with Crippen molar-refractivity contribution in [3.8, 4) is 0 Å². The minimum absolute atomic E-state index is 0.0370. The van der Waals surface area contributed by atoms with E-state index in [0.29, 0.717) is 25.2 Å². The maximum atomic E-state index is 13.4. The van der Waals surface area contributed by atoms with Crippen LogP contribution in [0.4, 0.5) is 10.5 Å². The number of aryl methyl sites for hydroxylation is 1. The summed E-state index contributed by atoms with van der Waals surface area (Å²) in [6.07, 6.45) is 2.36. The third kappa shape index (κ3) is 5.11. The zero-order valence-corrected chi connectivity index (χ0v) is 18.7. The van der Waals surface area contributed by atoms with Crippen LogP contribution < -0.4 is 10.6 Å². The number of hydrogen-bond acceptors (Lipinski definition) is 3. The van der Waals surface area contributed by atoms with Crippen molar-refractivity contribution in [2.45, 2.75) is 26.3 Å². The molecule has 1 aliphatic heterocycles. The van der Waals surface area contributed by atoms with Gasteiger partial charge in [-0.05, 0) is 37.2 Å². The fourth-order valence-electron chi connectivity index (χ4n) is 4.19. The molecule has 4 rings (SSSR count). The van der Waals surface area contributed by atoms with E-state index in [0.717, 1.165) is 41.7 Å². The van der Waals surface area contributed by atoms with Gasteiger partial charge in [0.2, 0.25) is 5.91 Å².